The van der Waals surface area contributed by atoms with E-state index in [-0.39, 0.29) is 10.2 Å². The van der Waals surface area contributed by atoms with Gasteiger partial charge in [-0.15, -0.1) is 13.2 Å². The van der Waals surface area contributed by atoms with E-state index < -0.39 is 6.30 Å². The minimum Gasteiger partial charge on any atom is -0.168 e. The molecule has 1 aromatic heterocycles. The molecule has 1 heterocycles. The largest absolute Gasteiger partial charge is 0.505 e. The molecule has 0 saturated carbocycles. The molecule has 0 spiro atoms. The summed E-state index contributed by atoms with van der Waals surface area (Å²) >= 11 is 0. The van der Waals surface area contributed by atoms with Crippen molar-refractivity contribution < 1.29 is 13.2 Å². The Bertz CT molecular complexity index is 225. The van der Waals surface area contributed by atoms with E-state index >= 15 is 0 Å². The molecule has 0 atom stereocenters. The van der Waals surface area contributed by atoms with Gasteiger partial charge in [0.2, 0.25) is 0 Å². The van der Waals surface area contributed by atoms with E-state index in [1.165, 1.54) is 6.92 Å². The normalized spacial score (nSPS) is 12.0. The maximum atomic E-state index is 11.7. The monoisotopic (exact) mass is 148 g/mol. The molecule has 0 aliphatic rings. The van der Waals surface area contributed by atoms with E-state index in [1.807, 2.05) is 6.20 Å². The Labute approximate surface area is 55.3 Å². The van der Waals surface area contributed by atoms with Gasteiger partial charge in [-0.2, -0.15) is 9.78 Å². The van der Waals surface area contributed by atoms with Gasteiger partial charge in [-0.25, -0.2) is 0 Å². The van der Waals surface area contributed by atoms with Crippen LogP contribution in [0, 0.1) is 19.3 Å². The Balaban J connectivity index is 2.96. The molecule has 0 N–H and O–H groups in total. The van der Waals surface area contributed by atoms with Crippen molar-refractivity contribution in [3.63, 3.8) is 0 Å². The molecule has 54 valence electrons. The van der Waals surface area contributed by atoms with Crippen molar-refractivity contribution in [2.75, 3.05) is 0 Å². The van der Waals surface area contributed by atoms with Crippen LogP contribution in [0.5, 0.6) is 0 Å². The zero-order valence-electron chi connectivity index (χ0n) is 5.03. The average molecular weight is 148 g/mol. The summed E-state index contributed by atoms with van der Waals surface area (Å²) in [6, 6.07) is 0. The van der Waals surface area contributed by atoms with Crippen LogP contribution in [-0.2, 0) is 6.30 Å². The summed E-state index contributed by atoms with van der Waals surface area (Å²) in [5.41, 5.74) is 0.248. The summed E-state index contributed by atoms with van der Waals surface area (Å²) in [6.07, 6.45) is -0.414. The smallest absolute Gasteiger partial charge is 0.168 e. The number of aromatic nitrogens is 2. The quantitative estimate of drug-likeness (QED) is 0.541. The van der Waals surface area contributed by atoms with Crippen molar-refractivity contribution in [3.05, 3.63) is 18.0 Å². The van der Waals surface area contributed by atoms with Crippen LogP contribution in [0.15, 0.2) is 0 Å². The number of hydrogen-bond acceptors (Lipinski definition) is 1. The second kappa shape index (κ2) is 2.00. The molecule has 5 heteroatoms. The minimum atomic E-state index is -4.47. The Morgan fingerprint density at radius 2 is 2.10 bits per heavy atom. The third kappa shape index (κ3) is 1.29. The first-order valence-electron chi connectivity index (χ1n) is 2.44. The predicted molar refractivity (Wildman–Crippen MR) is 25.9 cm³/mol. The van der Waals surface area contributed by atoms with Gasteiger partial charge in [-0.05, 0) is 6.92 Å². The van der Waals surface area contributed by atoms with E-state index in [9.17, 15) is 13.2 Å². The SMILES string of the molecule is Cc1[c]nn(C(F)(F)F)[c]1. The minimum absolute atomic E-state index is 0.206. The highest BCUT2D eigenvalue weighted by atomic mass is 19.4. The van der Waals surface area contributed by atoms with Crippen molar-refractivity contribution in [2.45, 2.75) is 13.2 Å². The second-order valence-corrected chi connectivity index (χ2v) is 1.73. The molecule has 1 aromatic rings. The number of hydrogen-bond donors (Lipinski definition) is 0. The summed E-state index contributed by atoms with van der Waals surface area (Å²) in [7, 11) is 0. The van der Waals surface area contributed by atoms with Gasteiger partial charge in [0.25, 0.3) is 0 Å². The lowest BCUT2D eigenvalue weighted by atomic mass is 10.4. The van der Waals surface area contributed by atoms with E-state index in [4.69, 9.17) is 0 Å². The average Bonchev–Trinajstić information content (AvgIpc) is 2.11. The van der Waals surface area contributed by atoms with Crippen LogP contribution in [0.25, 0.3) is 0 Å². The maximum absolute atomic E-state index is 11.7. The lowest BCUT2D eigenvalue weighted by molar-refractivity contribution is -0.212. The molecular weight excluding hydrogens is 145 g/mol. The molecule has 1 rings (SSSR count). The van der Waals surface area contributed by atoms with Crippen LogP contribution in [-0.4, -0.2) is 9.78 Å². The number of aryl methyl sites for hydroxylation is 1. The molecule has 0 aromatic carbocycles. The molecule has 0 aliphatic heterocycles. The van der Waals surface area contributed by atoms with Gasteiger partial charge in [0.1, 0.15) is 6.20 Å². The van der Waals surface area contributed by atoms with Crippen molar-refractivity contribution >= 4 is 0 Å². The van der Waals surface area contributed by atoms with Crippen molar-refractivity contribution in [3.8, 4) is 0 Å². The summed E-state index contributed by atoms with van der Waals surface area (Å²) in [5.74, 6) is 0. The molecule has 0 aliphatic carbocycles. The van der Waals surface area contributed by atoms with Crippen LogP contribution in [0.3, 0.4) is 0 Å². The Kier molecular flexibility index (Phi) is 1.42. The highest BCUT2D eigenvalue weighted by Crippen LogP contribution is 2.20. The molecule has 0 unspecified atom stereocenters. The van der Waals surface area contributed by atoms with Gasteiger partial charge in [-0.1, -0.05) is 0 Å². The Morgan fingerprint density at radius 3 is 2.30 bits per heavy atom. The van der Waals surface area contributed by atoms with Crippen LogP contribution in [0.1, 0.15) is 5.56 Å². The maximum Gasteiger partial charge on any atom is 0.505 e. The van der Waals surface area contributed by atoms with Gasteiger partial charge in [0.05, 0.1) is 6.20 Å². The highest BCUT2D eigenvalue weighted by Gasteiger charge is 2.31. The van der Waals surface area contributed by atoms with Crippen molar-refractivity contribution in [1.82, 2.24) is 9.78 Å². The lowest BCUT2D eigenvalue weighted by Crippen LogP contribution is -2.17. The van der Waals surface area contributed by atoms with E-state index in [2.05, 4.69) is 11.3 Å². The topological polar surface area (TPSA) is 17.8 Å². The first kappa shape index (κ1) is 7.11. The molecule has 10 heavy (non-hydrogen) atoms. The Morgan fingerprint density at radius 1 is 1.50 bits per heavy atom. The summed E-state index contributed by atoms with van der Waals surface area (Å²) in [6.45, 7) is 1.44. The fraction of sp³-hybridized carbons (Fsp3) is 0.400. The summed E-state index contributed by atoms with van der Waals surface area (Å²) in [5, 5.41) is 2.90. The second-order valence-electron chi connectivity index (χ2n) is 1.73. The molecule has 2 radical (unpaired) electrons. The van der Waals surface area contributed by atoms with E-state index in [0.29, 0.717) is 0 Å². The molecule has 0 saturated heterocycles. The van der Waals surface area contributed by atoms with Gasteiger partial charge < -0.3 is 0 Å². The molecule has 0 amide bonds. The predicted octanol–water partition coefficient (Wildman–Crippen LogP) is 1.27. The number of rotatable bonds is 0. The third-order valence-corrected chi connectivity index (χ3v) is 0.831. The lowest BCUT2D eigenvalue weighted by Gasteiger charge is -2.02. The fourth-order valence-corrected chi connectivity index (χ4v) is 0.454. The van der Waals surface area contributed by atoms with Crippen LogP contribution in [0.2, 0.25) is 0 Å². The van der Waals surface area contributed by atoms with E-state index in [1.54, 1.807) is 0 Å². The fourth-order valence-electron chi connectivity index (χ4n) is 0.454. The number of alkyl halides is 3. The van der Waals surface area contributed by atoms with Gasteiger partial charge in [0.15, 0.2) is 0 Å². The third-order valence-electron chi connectivity index (χ3n) is 0.831. The number of nitrogens with zero attached hydrogens (tertiary/aromatic N) is 2. The first-order chi connectivity index (χ1) is 4.50. The zero-order valence-corrected chi connectivity index (χ0v) is 5.03. The summed E-state index contributed by atoms with van der Waals surface area (Å²) in [4.78, 5) is 0. The molecule has 0 bridgehead atoms. The zero-order chi connectivity index (χ0) is 7.78. The molecule has 2 nitrogen and oxygen atoms in total. The van der Waals surface area contributed by atoms with Gasteiger partial charge >= 0.3 is 6.30 Å². The van der Waals surface area contributed by atoms with Crippen LogP contribution < -0.4 is 0 Å². The molecule has 0 fully saturated rings. The van der Waals surface area contributed by atoms with Crippen molar-refractivity contribution in [2.24, 2.45) is 0 Å². The van der Waals surface area contributed by atoms with Crippen LogP contribution in [0.4, 0.5) is 13.2 Å². The highest BCUT2D eigenvalue weighted by molar-refractivity contribution is 4.95. The number of halogens is 3. The van der Waals surface area contributed by atoms with E-state index in [0.717, 1.165) is 0 Å². The first-order valence-corrected chi connectivity index (χ1v) is 2.44. The van der Waals surface area contributed by atoms with Crippen molar-refractivity contribution in [1.29, 1.82) is 0 Å². The molecular formula is C5H3F3N2. The van der Waals surface area contributed by atoms with Gasteiger partial charge in [0, 0.05) is 5.56 Å². The van der Waals surface area contributed by atoms with Gasteiger partial charge in [-0.3, -0.25) is 0 Å². The summed E-state index contributed by atoms with van der Waals surface area (Å²) < 4.78 is 34.7. The van der Waals surface area contributed by atoms with Crippen LogP contribution >= 0.6 is 0 Å². The standard InChI is InChI=1S/C5H3F3N2/c1-4-2-9-10(3-4)5(6,7)8/h1H3. The Hall–Kier alpha value is -1.00.